The summed E-state index contributed by atoms with van der Waals surface area (Å²) in [6.07, 6.45) is -0.333. The van der Waals surface area contributed by atoms with Crippen LogP contribution in [0.4, 0.5) is 0 Å². The Morgan fingerprint density at radius 2 is 1.62 bits per heavy atom. The van der Waals surface area contributed by atoms with E-state index in [1.54, 1.807) is 13.8 Å². The van der Waals surface area contributed by atoms with E-state index in [1.165, 1.54) is 6.92 Å². The Morgan fingerprint density at radius 3 is 2.19 bits per heavy atom. The molecule has 0 bridgehead atoms. The highest BCUT2D eigenvalue weighted by Crippen LogP contribution is 2.70. The van der Waals surface area contributed by atoms with Gasteiger partial charge in [-0.3, -0.25) is 28.8 Å². The van der Waals surface area contributed by atoms with E-state index in [-0.39, 0.29) is 66.5 Å². The van der Waals surface area contributed by atoms with Gasteiger partial charge >= 0.3 is 11.9 Å². The molecule has 4 aliphatic rings. The second-order valence-corrected chi connectivity index (χ2v) is 12.9. The van der Waals surface area contributed by atoms with Crippen molar-refractivity contribution < 1.29 is 38.6 Å². The van der Waals surface area contributed by atoms with Crippen molar-refractivity contribution in [3.63, 3.8) is 0 Å². The van der Waals surface area contributed by atoms with Crippen molar-refractivity contribution in [3.8, 4) is 0 Å². The Labute approximate surface area is 217 Å². The van der Waals surface area contributed by atoms with Gasteiger partial charge in [0.1, 0.15) is 11.6 Å². The minimum Gasteiger partial charge on any atom is -0.481 e. The molecule has 0 spiro atoms. The lowest BCUT2D eigenvalue weighted by atomic mass is 9.42. The van der Waals surface area contributed by atoms with Crippen molar-refractivity contribution in [2.24, 2.45) is 39.4 Å². The topological polar surface area (TPSA) is 132 Å². The zero-order chi connectivity index (χ0) is 27.9. The first kappa shape index (κ1) is 27.4. The van der Waals surface area contributed by atoms with Gasteiger partial charge in [0, 0.05) is 60.0 Å². The average molecular weight is 515 g/mol. The minimum absolute atomic E-state index is 0.0481. The van der Waals surface area contributed by atoms with Crippen LogP contribution >= 0.6 is 0 Å². The molecule has 8 heteroatoms. The molecule has 0 aromatic rings. The van der Waals surface area contributed by atoms with Crippen LogP contribution in [0, 0.1) is 39.4 Å². The number of ether oxygens (including phenoxy) is 1. The van der Waals surface area contributed by atoms with E-state index >= 15 is 0 Å². The van der Waals surface area contributed by atoms with Crippen LogP contribution in [0.15, 0.2) is 11.1 Å². The van der Waals surface area contributed by atoms with E-state index in [1.807, 2.05) is 27.7 Å². The normalized spacial score (nSPS) is 39.6. The van der Waals surface area contributed by atoms with E-state index in [2.05, 4.69) is 0 Å². The molecule has 0 heterocycles. The lowest BCUT2D eigenvalue weighted by molar-refractivity contribution is -0.175. The number of hydrogen-bond donors (Lipinski definition) is 1. The molecule has 0 aromatic carbocycles. The lowest BCUT2D eigenvalue weighted by Crippen LogP contribution is -2.64. The van der Waals surface area contributed by atoms with Crippen LogP contribution in [-0.4, -0.2) is 46.3 Å². The Hall–Kier alpha value is -2.64. The second kappa shape index (κ2) is 8.43. The standard InChI is InChI=1S/C29H38O8/c1-14(8-9-21(34)35)16-12-20(33)29(7)22-17(31)13-18-26(3,4)19(32)10-11-27(18,5)23(22)24(36)25(28(16,29)6)37-15(2)30/h14,16,18,25H,8-13H2,1-7H3,(H,34,35)/t14-,16+,18-,25+,27-,28-,29-/m0/s1. The zero-order valence-corrected chi connectivity index (χ0v) is 22.9. The zero-order valence-electron chi connectivity index (χ0n) is 22.9. The number of carboxylic acids is 1. The number of carboxylic acid groups (broad SMARTS) is 1. The average Bonchev–Trinajstić information content (AvgIpc) is 3.01. The molecule has 0 saturated heterocycles. The summed E-state index contributed by atoms with van der Waals surface area (Å²) in [5.41, 5.74) is -3.77. The maximum absolute atomic E-state index is 14.4. The second-order valence-electron chi connectivity index (χ2n) is 12.9. The van der Waals surface area contributed by atoms with Crippen molar-refractivity contribution in [2.75, 3.05) is 0 Å². The summed E-state index contributed by atoms with van der Waals surface area (Å²) in [5.74, 6) is -3.66. The Morgan fingerprint density at radius 1 is 1.00 bits per heavy atom. The summed E-state index contributed by atoms with van der Waals surface area (Å²) >= 11 is 0. The van der Waals surface area contributed by atoms with Gasteiger partial charge in [-0.2, -0.15) is 0 Å². The molecule has 0 unspecified atom stereocenters. The Balaban J connectivity index is 1.98. The molecule has 1 N–H and O–H groups in total. The number of hydrogen-bond acceptors (Lipinski definition) is 7. The van der Waals surface area contributed by atoms with Gasteiger partial charge in [0.25, 0.3) is 0 Å². The van der Waals surface area contributed by atoms with E-state index < -0.39 is 57.3 Å². The van der Waals surface area contributed by atoms with Crippen LogP contribution in [0.25, 0.3) is 0 Å². The molecular weight excluding hydrogens is 476 g/mol. The number of esters is 1. The summed E-state index contributed by atoms with van der Waals surface area (Å²) in [5, 5.41) is 9.24. The summed E-state index contributed by atoms with van der Waals surface area (Å²) in [4.78, 5) is 78.9. The fourth-order valence-electron chi connectivity index (χ4n) is 8.53. The van der Waals surface area contributed by atoms with Gasteiger partial charge in [0.15, 0.2) is 11.9 Å². The number of rotatable bonds is 5. The van der Waals surface area contributed by atoms with Gasteiger partial charge in [-0.05, 0) is 37.5 Å². The maximum atomic E-state index is 14.4. The summed E-state index contributed by atoms with van der Waals surface area (Å²) in [6, 6.07) is 0. The number of carbonyl (C=O) groups excluding carboxylic acids is 5. The van der Waals surface area contributed by atoms with E-state index in [9.17, 15) is 33.9 Å². The van der Waals surface area contributed by atoms with E-state index in [0.29, 0.717) is 6.42 Å². The molecule has 0 radical (unpaired) electrons. The molecule has 8 nitrogen and oxygen atoms in total. The Bertz CT molecular complexity index is 1160. The van der Waals surface area contributed by atoms with Gasteiger partial charge in [0.2, 0.25) is 5.78 Å². The third-order valence-corrected chi connectivity index (χ3v) is 10.8. The summed E-state index contributed by atoms with van der Waals surface area (Å²) in [6.45, 7) is 12.1. The quantitative estimate of drug-likeness (QED) is 0.547. The molecule has 0 aliphatic heterocycles. The molecule has 0 aromatic heterocycles. The molecule has 2 fully saturated rings. The largest absolute Gasteiger partial charge is 0.481 e. The highest BCUT2D eigenvalue weighted by Gasteiger charge is 2.74. The third kappa shape index (κ3) is 3.46. The molecule has 202 valence electrons. The van der Waals surface area contributed by atoms with Gasteiger partial charge in [0.05, 0.1) is 5.41 Å². The molecule has 4 rings (SSSR count). The van der Waals surface area contributed by atoms with Crippen molar-refractivity contribution in [1.29, 1.82) is 0 Å². The highest BCUT2D eigenvalue weighted by atomic mass is 16.5. The van der Waals surface area contributed by atoms with Crippen LogP contribution in [-0.2, 0) is 33.5 Å². The fraction of sp³-hybridized carbons (Fsp3) is 0.724. The lowest BCUT2D eigenvalue weighted by Gasteiger charge is -2.59. The van der Waals surface area contributed by atoms with Crippen molar-refractivity contribution in [2.45, 2.75) is 93.1 Å². The molecule has 0 amide bonds. The van der Waals surface area contributed by atoms with Crippen LogP contribution in [0.1, 0.15) is 87.0 Å². The van der Waals surface area contributed by atoms with Gasteiger partial charge in [-0.1, -0.05) is 34.6 Å². The number of ketones is 4. The number of Topliss-reactive ketones (excluding diaryl/α,β-unsaturated/α-hetero) is 4. The third-order valence-electron chi connectivity index (χ3n) is 10.8. The molecule has 4 aliphatic carbocycles. The molecule has 7 atom stereocenters. The maximum Gasteiger partial charge on any atom is 0.303 e. The fourth-order valence-corrected chi connectivity index (χ4v) is 8.53. The smallest absolute Gasteiger partial charge is 0.303 e. The van der Waals surface area contributed by atoms with E-state index in [4.69, 9.17) is 4.74 Å². The van der Waals surface area contributed by atoms with Crippen LogP contribution in [0.5, 0.6) is 0 Å². The summed E-state index contributed by atoms with van der Waals surface area (Å²) in [7, 11) is 0. The van der Waals surface area contributed by atoms with Gasteiger partial charge in [-0.25, -0.2) is 0 Å². The molecule has 2 saturated carbocycles. The van der Waals surface area contributed by atoms with Crippen LogP contribution < -0.4 is 0 Å². The van der Waals surface area contributed by atoms with Crippen molar-refractivity contribution in [3.05, 3.63) is 11.1 Å². The van der Waals surface area contributed by atoms with Crippen LogP contribution in [0.2, 0.25) is 0 Å². The molecule has 37 heavy (non-hydrogen) atoms. The number of fused-ring (bicyclic) bond motifs is 4. The first-order valence-electron chi connectivity index (χ1n) is 13.2. The minimum atomic E-state index is -1.38. The predicted octanol–water partition coefficient (Wildman–Crippen LogP) is 3.88. The van der Waals surface area contributed by atoms with Crippen molar-refractivity contribution >= 4 is 35.1 Å². The summed E-state index contributed by atoms with van der Waals surface area (Å²) < 4.78 is 5.75. The molecular formula is C29H38O8. The number of allylic oxidation sites excluding steroid dienone is 1. The number of carbonyl (C=O) groups is 6. The first-order valence-corrected chi connectivity index (χ1v) is 13.2. The monoisotopic (exact) mass is 514 g/mol. The van der Waals surface area contributed by atoms with Gasteiger partial charge in [-0.15, -0.1) is 0 Å². The first-order chi connectivity index (χ1) is 17.0. The van der Waals surface area contributed by atoms with Gasteiger partial charge < -0.3 is 9.84 Å². The highest BCUT2D eigenvalue weighted by molar-refractivity contribution is 6.18. The predicted molar refractivity (Wildman–Crippen MR) is 132 cm³/mol. The van der Waals surface area contributed by atoms with E-state index in [0.717, 1.165) is 0 Å². The van der Waals surface area contributed by atoms with Crippen LogP contribution in [0.3, 0.4) is 0 Å². The van der Waals surface area contributed by atoms with Crippen molar-refractivity contribution in [1.82, 2.24) is 0 Å². The Kier molecular flexibility index (Phi) is 6.24. The SMILES string of the molecule is CC(=O)O[C@@H]1C(=O)C2=C(C(=O)C[C@H]3C(C)(C)C(=O)CC[C@]23C)[C@]2(C)C(=O)C[C@H]([C@@H](C)CCC(=O)O)[C@@]12C. The number of aliphatic carboxylic acids is 1.